The molecule has 0 atom stereocenters. The molecule has 1 aromatic carbocycles. The van der Waals surface area contributed by atoms with Crippen molar-refractivity contribution in [2.45, 2.75) is 13.5 Å². The molecule has 0 saturated heterocycles. The van der Waals surface area contributed by atoms with Gasteiger partial charge in [-0.1, -0.05) is 24.1 Å². The van der Waals surface area contributed by atoms with Crippen LogP contribution in [0, 0.1) is 19.3 Å². The number of fused-ring (bicyclic) bond motifs is 1. The summed E-state index contributed by atoms with van der Waals surface area (Å²) < 4.78 is 2.08. The highest BCUT2D eigenvalue weighted by Gasteiger charge is 2.11. The van der Waals surface area contributed by atoms with Crippen LogP contribution in [0.3, 0.4) is 0 Å². The van der Waals surface area contributed by atoms with Crippen molar-refractivity contribution in [1.29, 1.82) is 0 Å². The zero-order chi connectivity index (χ0) is 13.8. The van der Waals surface area contributed by atoms with Crippen LogP contribution in [-0.4, -0.2) is 15.9 Å². The minimum atomic E-state index is 0.140. The molecule has 5 heteroatoms. The summed E-state index contributed by atoms with van der Waals surface area (Å²) in [5.41, 5.74) is 11.1. The number of hydrazone groups is 1. The number of hydrogen-bond donors (Lipinski definition) is 2. The quantitative estimate of drug-likeness (QED) is 0.387. The zero-order valence-corrected chi connectivity index (χ0v) is 11.4. The third kappa shape index (κ3) is 2.59. The van der Waals surface area contributed by atoms with Gasteiger partial charge in [0, 0.05) is 22.2 Å². The molecule has 19 heavy (non-hydrogen) atoms. The Hall–Kier alpha value is -2.32. The highest BCUT2D eigenvalue weighted by molar-refractivity contribution is 7.80. The van der Waals surface area contributed by atoms with E-state index in [9.17, 15) is 0 Å². The van der Waals surface area contributed by atoms with Crippen molar-refractivity contribution in [1.82, 2.24) is 9.99 Å². The first-order chi connectivity index (χ1) is 9.15. The van der Waals surface area contributed by atoms with Crippen LogP contribution in [0.1, 0.15) is 11.3 Å². The fourth-order valence-electron chi connectivity index (χ4n) is 2.08. The molecule has 1 aromatic heterocycles. The second-order valence-electron chi connectivity index (χ2n) is 4.04. The summed E-state index contributed by atoms with van der Waals surface area (Å²) in [4.78, 5) is 0. The molecule has 2 aromatic rings. The summed E-state index contributed by atoms with van der Waals surface area (Å²) in [6.07, 6.45) is 7.13. The fraction of sp³-hybridized carbons (Fsp3) is 0.143. The van der Waals surface area contributed by atoms with Crippen LogP contribution in [0.5, 0.6) is 0 Å². The van der Waals surface area contributed by atoms with Gasteiger partial charge in [0.1, 0.15) is 0 Å². The second-order valence-corrected chi connectivity index (χ2v) is 4.48. The molecule has 0 bridgehead atoms. The van der Waals surface area contributed by atoms with Crippen LogP contribution in [0.2, 0.25) is 0 Å². The maximum absolute atomic E-state index is 5.42. The van der Waals surface area contributed by atoms with Gasteiger partial charge in [-0.25, -0.2) is 0 Å². The van der Waals surface area contributed by atoms with Crippen molar-refractivity contribution in [3.05, 3.63) is 35.5 Å². The van der Waals surface area contributed by atoms with Gasteiger partial charge < -0.3 is 10.3 Å². The topological polar surface area (TPSA) is 55.3 Å². The lowest BCUT2D eigenvalue weighted by atomic mass is 10.1. The van der Waals surface area contributed by atoms with Crippen molar-refractivity contribution >= 4 is 34.4 Å². The number of aromatic nitrogens is 1. The Morgan fingerprint density at radius 3 is 3.00 bits per heavy atom. The Kier molecular flexibility index (Phi) is 3.83. The van der Waals surface area contributed by atoms with Crippen LogP contribution in [0.4, 0.5) is 0 Å². The fourth-order valence-corrected chi connectivity index (χ4v) is 2.13. The van der Waals surface area contributed by atoms with E-state index in [0.717, 1.165) is 22.2 Å². The highest BCUT2D eigenvalue weighted by atomic mass is 32.1. The summed E-state index contributed by atoms with van der Waals surface area (Å²) >= 11 is 4.71. The number of nitrogens with zero attached hydrogens (tertiary/aromatic N) is 2. The summed E-state index contributed by atoms with van der Waals surface area (Å²) in [6, 6.07) is 8.05. The minimum absolute atomic E-state index is 0.140. The van der Waals surface area contributed by atoms with Gasteiger partial charge in [-0.3, -0.25) is 5.43 Å². The molecule has 0 amide bonds. The molecule has 0 aliphatic rings. The van der Waals surface area contributed by atoms with E-state index in [1.165, 1.54) is 0 Å². The molecule has 0 unspecified atom stereocenters. The molecule has 96 valence electrons. The smallest absolute Gasteiger partial charge is 0.184 e. The van der Waals surface area contributed by atoms with Crippen LogP contribution in [0.25, 0.3) is 10.9 Å². The summed E-state index contributed by atoms with van der Waals surface area (Å²) in [5, 5.41) is 5.26. The highest BCUT2D eigenvalue weighted by Crippen LogP contribution is 2.24. The molecule has 0 radical (unpaired) electrons. The van der Waals surface area contributed by atoms with E-state index in [0.29, 0.717) is 6.54 Å². The van der Waals surface area contributed by atoms with Gasteiger partial charge >= 0.3 is 0 Å². The van der Waals surface area contributed by atoms with E-state index in [4.69, 9.17) is 24.4 Å². The van der Waals surface area contributed by atoms with E-state index in [1.807, 2.05) is 31.2 Å². The number of benzene rings is 1. The molecular formula is C14H14N4S. The number of para-hydroxylation sites is 1. The Morgan fingerprint density at radius 1 is 1.58 bits per heavy atom. The van der Waals surface area contributed by atoms with E-state index >= 15 is 0 Å². The van der Waals surface area contributed by atoms with Gasteiger partial charge in [-0.2, -0.15) is 5.10 Å². The first kappa shape index (κ1) is 13.1. The van der Waals surface area contributed by atoms with Crippen LogP contribution in [0.15, 0.2) is 29.4 Å². The normalized spacial score (nSPS) is 10.7. The summed E-state index contributed by atoms with van der Waals surface area (Å²) in [5.74, 6) is 2.67. The van der Waals surface area contributed by atoms with Gasteiger partial charge in [0.25, 0.3) is 0 Å². The molecule has 0 fully saturated rings. The average molecular weight is 270 g/mol. The molecule has 4 nitrogen and oxygen atoms in total. The number of thiocarbonyl (C=S) groups is 1. The molecule has 3 N–H and O–H groups in total. The number of nitrogens with two attached hydrogens (primary N) is 1. The molecule has 2 rings (SSSR count). The standard InChI is InChI=1S/C14H14N4S/c1-3-8-18-10(2)12(9-16-17-14(15)19)11-6-4-5-7-13(11)18/h1,4-7,9H,8H2,2H3,(H3,15,17,19)/b16-9-. The van der Waals surface area contributed by atoms with Gasteiger partial charge in [-0.15, -0.1) is 6.42 Å². The maximum Gasteiger partial charge on any atom is 0.184 e. The third-order valence-electron chi connectivity index (χ3n) is 2.90. The number of nitrogens with one attached hydrogen (secondary N) is 1. The number of terminal acetylenes is 1. The largest absolute Gasteiger partial charge is 0.375 e. The monoisotopic (exact) mass is 270 g/mol. The lowest BCUT2D eigenvalue weighted by Gasteiger charge is -2.02. The minimum Gasteiger partial charge on any atom is -0.375 e. The lowest BCUT2D eigenvalue weighted by Crippen LogP contribution is -2.24. The molecular weight excluding hydrogens is 256 g/mol. The van der Waals surface area contributed by atoms with Crippen LogP contribution in [-0.2, 0) is 6.54 Å². The van der Waals surface area contributed by atoms with Crippen molar-refractivity contribution in [2.75, 3.05) is 0 Å². The van der Waals surface area contributed by atoms with Crippen molar-refractivity contribution in [2.24, 2.45) is 10.8 Å². The predicted molar refractivity (Wildman–Crippen MR) is 83.0 cm³/mol. The van der Waals surface area contributed by atoms with Crippen molar-refractivity contribution in [3.63, 3.8) is 0 Å². The van der Waals surface area contributed by atoms with Gasteiger partial charge in [0.15, 0.2) is 5.11 Å². The second kappa shape index (κ2) is 5.55. The molecule has 0 aliphatic carbocycles. The van der Waals surface area contributed by atoms with E-state index in [1.54, 1.807) is 6.21 Å². The van der Waals surface area contributed by atoms with Crippen LogP contribution < -0.4 is 11.2 Å². The van der Waals surface area contributed by atoms with Gasteiger partial charge in [0.2, 0.25) is 0 Å². The molecule has 0 aliphatic heterocycles. The lowest BCUT2D eigenvalue weighted by molar-refractivity contribution is 0.846. The van der Waals surface area contributed by atoms with E-state index in [2.05, 4.69) is 21.0 Å². The average Bonchev–Trinajstić information content (AvgIpc) is 2.65. The molecule has 0 spiro atoms. The number of hydrogen-bond acceptors (Lipinski definition) is 2. The molecule has 1 heterocycles. The van der Waals surface area contributed by atoms with Gasteiger partial charge in [-0.05, 0) is 25.2 Å². The maximum atomic E-state index is 5.42. The van der Waals surface area contributed by atoms with E-state index in [-0.39, 0.29) is 5.11 Å². The van der Waals surface area contributed by atoms with Crippen molar-refractivity contribution < 1.29 is 0 Å². The Balaban J connectivity index is 2.54. The Bertz CT molecular complexity index is 691. The SMILES string of the molecule is C#CCn1c(C)c(/C=N\NC(N)=S)c2ccccc21. The van der Waals surface area contributed by atoms with Crippen LogP contribution >= 0.6 is 12.2 Å². The van der Waals surface area contributed by atoms with E-state index < -0.39 is 0 Å². The number of rotatable bonds is 3. The first-order valence-corrected chi connectivity index (χ1v) is 6.15. The Morgan fingerprint density at radius 2 is 2.32 bits per heavy atom. The summed E-state index contributed by atoms with van der Waals surface area (Å²) in [6.45, 7) is 2.54. The summed E-state index contributed by atoms with van der Waals surface area (Å²) in [7, 11) is 0. The Labute approximate surface area is 117 Å². The van der Waals surface area contributed by atoms with Gasteiger partial charge in [0.05, 0.1) is 12.8 Å². The first-order valence-electron chi connectivity index (χ1n) is 5.75. The molecule has 0 saturated carbocycles. The predicted octanol–water partition coefficient (Wildman–Crippen LogP) is 1.75. The van der Waals surface area contributed by atoms with Crippen molar-refractivity contribution in [3.8, 4) is 12.3 Å². The zero-order valence-electron chi connectivity index (χ0n) is 10.6. The third-order valence-corrected chi connectivity index (χ3v) is 2.99.